The Labute approximate surface area is 102 Å². The van der Waals surface area contributed by atoms with Crippen LogP contribution >= 0.6 is 12.4 Å². The molecular formula is C11H18ClN3O. The first kappa shape index (κ1) is 14.9. The van der Waals surface area contributed by atoms with Crippen LogP contribution in [0.15, 0.2) is 18.2 Å². The van der Waals surface area contributed by atoms with E-state index < -0.39 is 6.04 Å². The van der Waals surface area contributed by atoms with Crippen LogP contribution in [0.1, 0.15) is 25.5 Å². The van der Waals surface area contributed by atoms with Crippen LogP contribution in [0.2, 0.25) is 0 Å². The first-order valence-electron chi connectivity index (χ1n) is 5.13. The van der Waals surface area contributed by atoms with Crippen LogP contribution in [-0.2, 0) is 4.79 Å². The van der Waals surface area contributed by atoms with Crippen molar-refractivity contribution in [2.75, 3.05) is 5.32 Å². The number of nitrogens with one attached hydrogen (secondary N) is 1. The molecular weight excluding hydrogens is 226 g/mol. The van der Waals surface area contributed by atoms with Crippen LogP contribution in [0.5, 0.6) is 0 Å². The molecule has 0 aliphatic rings. The Bertz CT molecular complexity index is 344. The van der Waals surface area contributed by atoms with Crippen molar-refractivity contribution in [2.45, 2.75) is 32.7 Å². The maximum Gasteiger partial charge on any atom is 0.242 e. The maximum absolute atomic E-state index is 11.5. The largest absolute Gasteiger partial charge is 0.320 e. The van der Waals surface area contributed by atoms with Crippen molar-refractivity contribution in [1.82, 2.24) is 4.98 Å². The Kier molecular flexibility index (Phi) is 6.69. The molecule has 16 heavy (non-hydrogen) atoms. The molecule has 3 N–H and O–H groups in total. The molecule has 0 aromatic carbocycles. The summed E-state index contributed by atoms with van der Waals surface area (Å²) in [5.41, 5.74) is 6.55. The van der Waals surface area contributed by atoms with Gasteiger partial charge in [-0.25, -0.2) is 4.98 Å². The zero-order valence-corrected chi connectivity index (χ0v) is 10.4. The predicted octanol–water partition coefficient (Wildman–Crippen LogP) is 1.88. The minimum absolute atomic E-state index is 0. The highest BCUT2D eigenvalue weighted by Gasteiger charge is 2.12. The van der Waals surface area contributed by atoms with Crippen molar-refractivity contribution in [2.24, 2.45) is 5.73 Å². The number of halogens is 1. The highest BCUT2D eigenvalue weighted by atomic mass is 35.5. The Hall–Kier alpha value is -1.13. The molecule has 0 spiro atoms. The first-order chi connectivity index (χ1) is 7.13. The Balaban J connectivity index is 0.00000225. The van der Waals surface area contributed by atoms with Gasteiger partial charge in [0.1, 0.15) is 5.82 Å². The van der Waals surface area contributed by atoms with Gasteiger partial charge in [-0.2, -0.15) is 0 Å². The number of anilines is 1. The third-order valence-corrected chi connectivity index (χ3v) is 2.08. The summed E-state index contributed by atoms with van der Waals surface area (Å²) in [6, 6.07) is 5.03. The number of carbonyl (C=O) groups is 1. The zero-order valence-electron chi connectivity index (χ0n) is 9.56. The van der Waals surface area contributed by atoms with Gasteiger partial charge < -0.3 is 11.1 Å². The Morgan fingerprint density at radius 3 is 2.81 bits per heavy atom. The van der Waals surface area contributed by atoms with Crippen LogP contribution in [0.25, 0.3) is 0 Å². The molecule has 1 amide bonds. The third kappa shape index (κ3) is 4.59. The molecule has 1 aromatic heterocycles. The summed E-state index contributed by atoms with van der Waals surface area (Å²) >= 11 is 0. The summed E-state index contributed by atoms with van der Waals surface area (Å²) in [5.74, 6) is 0.390. The number of amides is 1. The predicted molar refractivity (Wildman–Crippen MR) is 67.7 cm³/mol. The van der Waals surface area contributed by atoms with Gasteiger partial charge in [0.25, 0.3) is 0 Å². The van der Waals surface area contributed by atoms with Crippen molar-refractivity contribution in [3.8, 4) is 0 Å². The monoisotopic (exact) mass is 243 g/mol. The van der Waals surface area contributed by atoms with Crippen molar-refractivity contribution in [3.05, 3.63) is 23.9 Å². The van der Waals surface area contributed by atoms with Crippen molar-refractivity contribution in [3.63, 3.8) is 0 Å². The fraction of sp³-hybridized carbons (Fsp3) is 0.455. The smallest absolute Gasteiger partial charge is 0.242 e. The van der Waals surface area contributed by atoms with Gasteiger partial charge in [0.05, 0.1) is 6.04 Å². The lowest BCUT2D eigenvalue weighted by atomic mass is 10.2. The summed E-state index contributed by atoms with van der Waals surface area (Å²) in [7, 11) is 0. The lowest BCUT2D eigenvalue weighted by molar-refractivity contribution is -0.117. The molecule has 1 aromatic rings. The van der Waals surface area contributed by atoms with Gasteiger partial charge in [0.15, 0.2) is 0 Å². The molecule has 90 valence electrons. The summed E-state index contributed by atoms with van der Waals surface area (Å²) in [4.78, 5) is 15.7. The molecule has 0 fully saturated rings. The van der Waals surface area contributed by atoms with E-state index in [1.807, 2.05) is 26.0 Å². The van der Waals surface area contributed by atoms with Crippen molar-refractivity contribution in [1.29, 1.82) is 0 Å². The van der Waals surface area contributed by atoms with E-state index in [2.05, 4.69) is 10.3 Å². The number of hydrogen-bond donors (Lipinski definition) is 2. The summed E-state index contributed by atoms with van der Waals surface area (Å²) in [6.45, 7) is 3.87. The number of pyridine rings is 1. The molecule has 1 atom stereocenters. The molecule has 0 aliphatic carbocycles. The highest BCUT2D eigenvalue weighted by Crippen LogP contribution is 2.05. The number of rotatable bonds is 4. The number of aromatic nitrogens is 1. The van der Waals surface area contributed by atoms with E-state index in [0.717, 1.165) is 12.1 Å². The van der Waals surface area contributed by atoms with E-state index >= 15 is 0 Å². The van der Waals surface area contributed by atoms with Crippen molar-refractivity contribution < 1.29 is 4.79 Å². The number of nitrogens with zero attached hydrogens (tertiary/aromatic N) is 1. The Morgan fingerprint density at radius 2 is 2.25 bits per heavy atom. The topological polar surface area (TPSA) is 68.0 Å². The molecule has 0 bridgehead atoms. The fourth-order valence-electron chi connectivity index (χ4n) is 1.27. The summed E-state index contributed by atoms with van der Waals surface area (Å²) < 4.78 is 0. The normalized spacial score (nSPS) is 11.4. The first-order valence-corrected chi connectivity index (χ1v) is 5.13. The molecule has 5 heteroatoms. The van der Waals surface area contributed by atoms with Gasteiger partial charge in [0.2, 0.25) is 5.91 Å². The maximum atomic E-state index is 11.5. The average Bonchev–Trinajstić information content (AvgIpc) is 2.18. The molecule has 0 saturated heterocycles. The molecule has 1 rings (SSSR count). The van der Waals surface area contributed by atoms with Crippen LogP contribution < -0.4 is 11.1 Å². The zero-order chi connectivity index (χ0) is 11.3. The van der Waals surface area contributed by atoms with Crippen LogP contribution in [0.4, 0.5) is 5.82 Å². The van der Waals surface area contributed by atoms with Gasteiger partial charge in [-0.3, -0.25) is 4.79 Å². The standard InChI is InChI=1S/C11H17N3O.ClH/c1-3-5-9(12)11(15)14-10-7-4-6-8(2)13-10;/h4,6-7,9H,3,5,12H2,1-2H3,(H,13,14,15);1H. The van der Waals surface area contributed by atoms with Gasteiger partial charge in [-0.1, -0.05) is 19.4 Å². The van der Waals surface area contributed by atoms with Crippen LogP contribution in [0.3, 0.4) is 0 Å². The van der Waals surface area contributed by atoms with Gasteiger partial charge in [-0.05, 0) is 25.5 Å². The second-order valence-electron chi connectivity index (χ2n) is 3.55. The van der Waals surface area contributed by atoms with E-state index in [0.29, 0.717) is 12.2 Å². The molecule has 4 nitrogen and oxygen atoms in total. The number of carbonyl (C=O) groups excluding carboxylic acids is 1. The molecule has 0 saturated carbocycles. The SMILES string of the molecule is CCCC(N)C(=O)Nc1cccc(C)n1.Cl. The number of nitrogens with two attached hydrogens (primary N) is 1. The van der Waals surface area contributed by atoms with E-state index in [1.54, 1.807) is 6.07 Å². The fourth-order valence-corrected chi connectivity index (χ4v) is 1.27. The van der Waals surface area contributed by atoms with Gasteiger partial charge >= 0.3 is 0 Å². The van der Waals surface area contributed by atoms with E-state index in [1.165, 1.54) is 0 Å². The summed E-state index contributed by atoms with van der Waals surface area (Å²) in [5, 5.41) is 2.69. The Morgan fingerprint density at radius 1 is 1.56 bits per heavy atom. The van der Waals surface area contributed by atoms with Crippen LogP contribution in [0, 0.1) is 6.92 Å². The third-order valence-electron chi connectivity index (χ3n) is 2.08. The molecule has 0 aliphatic heterocycles. The lowest BCUT2D eigenvalue weighted by Crippen LogP contribution is -2.35. The van der Waals surface area contributed by atoms with E-state index in [9.17, 15) is 4.79 Å². The van der Waals surface area contributed by atoms with Gasteiger partial charge in [-0.15, -0.1) is 12.4 Å². The molecule has 1 unspecified atom stereocenters. The number of aryl methyl sites for hydroxylation is 1. The molecule has 0 radical (unpaired) electrons. The average molecular weight is 244 g/mol. The van der Waals surface area contributed by atoms with Crippen LogP contribution in [-0.4, -0.2) is 16.9 Å². The minimum Gasteiger partial charge on any atom is -0.320 e. The van der Waals surface area contributed by atoms with Gasteiger partial charge in [0, 0.05) is 5.69 Å². The van der Waals surface area contributed by atoms with Crippen molar-refractivity contribution >= 4 is 24.1 Å². The minimum atomic E-state index is -0.447. The number of hydrogen-bond acceptors (Lipinski definition) is 3. The highest BCUT2D eigenvalue weighted by molar-refractivity contribution is 5.93. The molecule has 1 heterocycles. The summed E-state index contributed by atoms with van der Waals surface area (Å²) in [6.07, 6.45) is 1.59. The quantitative estimate of drug-likeness (QED) is 0.849. The van der Waals surface area contributed by atoms with E-state index in [4.69, 9.17) is 5.73 Å². The second kappa shape index (κ2) is 7.19. The second-order valence-corrected chi connectivity index (χ2v) is 3.55. The van der Waals surface area contributed by atoms with E-state index in [-0.39, 0.29) is 18.3 Å². The lowest BCUT2D eigenvalue weighted by Gasteiger charge is -2.10.